The number of hydrogen-bond donors (Lipinski definition) is 2. The molecule has 2 N–H and O–H groups in total. The monoisotopic (exact) mass is 369 g/mol. The van der Waals surface area contributed by atoms with Crippen molar-refractivity contribution in [3.63, 3.8) is 0 Å². The number of carboxylic acid groups (broad SMARTS) is 1. The Morgan fingerprint density at radius 1 is 1.19 bits per heavy atom. The molecule has 2 amide bonds. The summed E-state index contributed by atoms with van der Waals surface area (Å²) in [6.07, 6.45) is 2.24. The summed E-state index contributed by atoms with van der Waals surface area (Å²) in [5.41, 5.74) is 0.822. The van der Waals surface area contributed by atoms with Crippen LogP contribution in [0.4, 0.5) is 11.4 Å². The molecule has 0 unspecified atom stereocenters. The first-order chi connectivity index (χ1) is 13.0. The van der Waals surface area contributed by atoms with E-state index in [-0.39, 0.29) is 17.3 Å². The Labute approximate surface area is 155 Å². The zero-order chi connectivity index (χ0) is 19.4. The predicted molar refractivity (Wildman–Crippen MR) is 98.3 cm³/mol. The average Bonchev–Trinajstić information content (AvgIpc) is 2.68. The standard InChI is InChI=1S/C19H19N3O5/c1-27-16-9-8-12(11-15(16)22-10-3-2-7-17(22)23)20-18(24)13-5-4-6-14(21-13)19(25)26/h4-6,8-9,11H,2-3,7,10H2,1H3,(H,20,24)(H,25,26). The molecule has 1 aliphatic rings. The normalized spacial score (nSPS) is 14.0. The van der Waals surface area contributed by atoms with E-state index in [1.54, 1.807) is 23.1 Å². The molecule has 0 bridgehead atoms. The van der Waals surface area contributed by atoms with Crippen LogP contribution >= 0.6 is 0 Å². The van der Waals surface area contributed by atoms with Crippen LogP contribution in [0.5, 0.6) is 5.75 Å². The van der Waals surface area contributed by atoms with Crippen molar-refractivity contribution in [1.82, 2.24) is 4.98 Å². The molecule has 0 spiro atoms. The van der Waals surface area contributed by atoms with Crippen LogP contribution in [-0.4, -0.2) is 41.5 Å². The molecule has 0 radical (unpaired) electrons. The van der Waals surface area contributed by atoms with E-state index < -0.39 is 11.9 Å². The number of carbonyl (C=O) groups is 3. The van der Waals surface area contributed by atoms with Crippen LogP contribution < -0.4 is 15.0 Å². The maximum absolute atomic E-state index is 12.4. The van der Waals surface area contributed by atoms with Gasteiger partial charge >= 0.3 is 5.97 Å². The van der Waals surface area contributed by atoms with Crippen LogP contribution in [0.25, 0.3) is 0 Å². The summed E-state index contributed by atoms with van der Waals surface area (Å²) in [4.78, 5) is 41.1. The summed E-state index contributed by atoms with van der Waals surface area (Å²) >= 11 is 0. The maximum Gasteiger partial charge on any atom is 0.354 e. The fourth-order valence-corrected chi connectivity index (χ4v) is 2.91. The van der Waals surface area contributed by atoms with Gasteiger partial charge in [-0.05, 0) is 43.2 Å². The SMILES string of the molecule is COc1ccc(NC(=O)c2cccc(C(=O)O)n2)cc1N1CCCCC1=O. The van der Waals surface area contributed by atoms with E-state index in [0.717, 1.165) is 12.8 Å². The van der Waals surface area contributed by atoms with Crippen molar-refractivity contribution >= 4 is 29.2 Å². The molecule has 2 aromatic rings. The number of piperidine rings is 1. The summed E-state index contributed by atoms with van der Waals surface area (Å²) in [5.74, 6) is -1.20. The minimum atomic E-state index is -1.21. The third kappa shape index (κ3) is 4.05. The molecule has 1 aromatic carbocycles. The van der Waals surface area contributed by atoms with E-state index in [4.69, 9.17) is 9.84 Å². The molecular weight excluding hydrogens is 350 g/mol. The zero-order valence-corrected chi connectivity index (χ0v) is 14.8. The lowest BCUT2D eigenvalue weighted by Gasteiger charge is -2.28. The molecule has 1 saturated heterocycles. The van der Waals surface area contributed by atoms with E-state index in [1.165, 1.54) is 25.3 Å². The summed E-state index contributed by atoms with van der Waals surface area (Å²) in [6, 6.07) is 9.19. The summed E-state index contributed by atoms with van der Waals surface area (Å²) < 4.78 is 5.35. The van der Waals surface area contributed by atoms with Crippen LogP contribution in [0.2, 0.25) is 0 Å². The summed E-state index contributed by atoms with van der Waals surface area (Å²) in [7, 11) is 1.52. The lowest BCUT2D eigenvalue weighted by molar-refractivity contribution is -0.119. The molecular formula is C19H19N3O5. The van der Waals surface area contributed by atoms with Crippen molar-refractivity contribution in [3.8, 4) is 5.75 Å². The minimum absolute atomic E-state index is 0.0127. The van der Waals surface area contributed by atoms with Crippen molar-refractivity contribution < 1.29 is 24.2 Å². The van der Waals surface area contributed by atoms with Gasteiger partial charge in [-0.2, -0.15) is 0 Å². The van der Waals surface area contributed by atoms with Gasteiger partial charge in [0.1, 0.15) is 17.1 Å². The Kier molecular flexibility index (Phi) is 5.35. The molecule has 1 aliphatic heterocycles. The van der Waals surface area contributed by atoms with Gasteiger partial charge in [0.25, 0.3) is 5.91 Å². The molecule has 3 rings (SSSR count). The highest BCUT2D eigenvalue weighted by Crippen LogP contribution is 2.33. The van der Waals surface area contributed by atoms with Gasteiger partial charge in [-0.1, -0.05) is 6.07 Å². The molecule has 140 valence electrons. The predicted octanol–water partition coefficient (Wildman–Crippen LogP) is 2.56. The fourth-order valence-electron chi connectivity index (χ4n) is 2.91. The lowest BCUT2D eigenvalue weighted by Crippen LogP contribution is -2.35. The maximum atomic E-state index is 12.4. The quantitative estimate of drug-likeness (QED) is 0.838. The van der Waals surface area contributed by atoms with E-state index in [1.807, 2.05) is 0 Å². The number of aromatic carboxylic acids is 1. The Morgan fingerprint density at radius 2 is 1.96 bits per heavy atom. The number of pyridine rings is 1. The second kappa shape index (κ2) is 7.86. The lowest BCUT2D eigenvalue weighted by atomic mass is 10.1. The van der Waals surface area contributed by atoms with Gasteiger partial charge < -0.3 is 20.1 Å². The second-order valence-corrected chi connectivity index (χ2v) is 6.06. The first-order valence-corrected chi connectivity index (χ1v) is 8.49. The van der Waals surface area contributed by atoms with Gasteiger partial charge in [0.05, 0.1) is 12.8 Å². The zero-order valence-electron chi connectivity index (χ0n) is 14.8. The Balaban J connectivity index is 1.86. The number of nitrogens with zero attached hydrogens (tertiary/aromatic N) is 2. The van der Waals surface area contributed by atoms with Gasteiger partial charge in [0, 0.05) is 18.7 Å². The number of benzene rings is 1. The van der Waals surface area contributed by atoms with Crippen molar-refractivity contribution in [2.24, 2.45) is 0 Å². The van der Waals surface area contributed by atoms with Gasteiger partial charge in [0.2, 0.25) is 5.91 Å². The number of methoxy groups -OCH3 is 1. The number of hydrogen-bond acceptors (Lipinski definition) is 5. The van der Waals surface area contributed by atoms with Crippen molar-refractivity contribution in [2.75, 3.05) is 23.9 Å². The summed E-state index contributed by atoms with van der Waals surface area (Å²) in [6.45, 7) is 0.592. The minimum Gasteiger partial charge on any atom is -0.495 e. The number of carbonyl (C=O) groups excluding carboxylic acids is 2. The van der Waals surface area contributed by atoms with Gasteiger partial charge in [0.15, 0.2) is 0 Å². The highest BCUT2D eigenvalue weighted by molar-refractivity contribution is 6.04. The molecule has 1 fully saturated rings. The van der Waals surface area contributed by atoms with E-state index in [9.17, 15) is 14.4 Å². The first-order valence-electron chi connectivity index (χ1n) is 8.49. The van der Waals surface area contributed by atoms with Crippen LogP contribution in [0.1, 0.15) is 40.2 Å². The largest absolute Gasteiger partial charge is 0.495 e. The van der Waals surface area contributed by atoms with Crippen LogP contribution in [-0.2, 0) is 4.79 Å². The van der Waals surface area contributed by atoms with Crippen molar-refractivity contribution in [2.45, 2.75) is 19.3 Å². The fraction of sp³-hybridized carbons (Fsp3) is 0.263. The van der Waals surface area contributed by atoms with Gasteiger partial charge in [-0.3, -0.25) is 9.59 Å². The molecule has 27 heavy (non-hydrogen) atoms. The number of anilines is 2. The van der Waals surface area contributed by atoms with Gasteiger partial charge in [-0.15, -0.1) is 0 Å². The highest BCUT2D eigenvalue weighted by atomic mass is 16.5. The van der Waals surface area contributed by atoms with Crippen molar-refractivity contribution in [3.05, 3.63) is 47.8 Å². The molecule has 0 aliphatic carbocycles. The Bertz CT molecular complexity index is 897. The van der Waals surface area contributed by atoms with Gasteiger partial charge in [-0.25, -0.2) is 9.78 Å². The molecule has 0 atom stereocenters. The van der Waals surface area contributed by atoms with E-state index >= 15 is 0 Å². The number of ether oxygens (including phenoxy) is 1. The third-order valence-corrected chi connectivity index (χ3v) is 4.25. The van der Waals surface area contributed by atoms with Crippen molar-refractivity contribution in [1.29, 1.82) is 0 Å². The van der Waals surface area contributed by atoms with E-state index in [0.29, 0.717) is 30.1 Å². The highest BCUT2D eigenvalue weighted by Gasteiger charge is 2.23. The Hall–Kier alpha value is -3.42. The number of amides is 2. The molecule has 1 aromatic heterocycles. The molecule has 2 heterocycles. The number of rotatable bonds is 5. The van der Waals surface area contributed by atoms with E-state index in [2.05, 4.69) is 10.3 Å². The first kappa shape index (κ1) is 18.4. The van der Waals surface area contributed by atoms with Crippen LogP contribution in [0.15, 0.2) is 36.4 Å². The molecule has 8 heteroatoms. The second-order valence-electron chi connectivity index (χ2n) is 6.06. The number of carboxylic acids is 1. The topological polar surface area (TPSA) is 109 Å². The molecule has 0 saturated carbocycles. The smallest absolute Gasteiger partial charge is 0.354 e. The average molecular weight is 369 g/mol. The number of aromatic nitrogens is 1. The molecule has 8 nitrogen and oxygen atoms in total. The van der Waals surface area contributed by atoms with Crippen LogP contribution in [0.3, 0.4) is 0 Å². The van der Waals surface area contributed by atoms with Crippen LogP contribution in [0, 0.1) is 0 Å². The third-order valence-electron chi connectivity index (χ3n) is 4.25. The Morgan fingerprint density at radius 3 is 2.67 bits per heavy atom. The summed E-state index contributed by atoms with van der Waals surface area (Å²) in [5, 5.41) is 11.7. The number of nitrogens with one attached hydrogen (secondary N) is 1.